The average Bonchev–Trinajstić information content (AvgIpc) is 3.57. The average molecular weight is 446 g/mol. The van der Waals surface area contributed by atoms with E-state index in [4.69, 9.17) is 14.0 Å². The molecule has 3 aromatic heterocycles. The molecular formula is C23H22N6O4. The van der Waals surface area contributed by atoms with Crippen LogP contribution in [-0.4, -0.2) is 37.4 Å². The quantitative estimate of drug-likeness (QED) is 0.496. The van der Waals surface area contributed by atoms with Gasteiger partial charge in [-0.25, -0.2) is 9.97 Å². The van der Waals surface area contributed by atoms with Gasteiger partial charge in [-0.3, -0.25) is 9.36 Å². The van der Waals surface area contributed by atoms with E-state index in [-0.39, 0.29) is 23.8 Å². The van der Waals surface area contributed by atoms with Crippen LogP contribution < -0.4 is 14.8 Å². The first-order chi connectivity index (χ1) is 15.9. The molecule has 1 aliphatic heterocycles. The molecule has 1 aromatic carbocycles. The van der Waals surface area contributed by atoms with Gasteiger partial charge in [0.05, 0.1) is 0 Å². The second-order valence-electron chi connectivity index (χ2n) is 8.61. The molecule has 0 radical (unpaired) electrons. The molecule has 0 saturated carbocycles. The van der Waals surface area contributed by atoms with E-state index in [1.807, 2.05) is 39.0 Å². The van der Waals surface area contributed by atoms with Crippen molar-refractivity contribution in [2.75, 3.05) is 6.79 Å². The number of nitrogens with one attached hydrogen (secondary N) is 1. The number of hydrogen-bond donors (Lipinski definition) is 1. The van der Waals surface area contributed by atoms with Crippen LogP contribution in [0.25, 0.3) is 17.3 Å². The Hall–Kier alpha value is -4.21. The minimum Gasteiger partial charge on any atom is -0.454 e. The molecule has 0 spiro atoms. The fraction of sp³-hybridized carbons (Fsp3) is 0.261. The minimum absolute atomic E-state index is 0.210. The molecular weight excluding hydrogens is 424 g/mol. The third-order valence-electron chi connectivity index (χ3n) is 5.06. The van der Waals surface area contributed by atoms with Crippen molar-refractivity contribution in [3.05, 3.63) is 66.1 Å². The van der Waals surface area contributed by atoms with Gasteiger partial charge in [0.2, 0.25) is 6.79 Å². The summed E-state index contributed by atoms with van der Waals surface area (Å²) in [6, 6.07) is 9.14. The Morgan fingerprint density at radius 1 is 1.12 bits per heavy atom. The van der Waals surface area contributed by atoms with Crippen molar-refractivity contribution in [1.29, 1.82) is 0 Å². The predicted octanol–water partition coefficient (Wildman–Crippen LogP) is 3.27. The fourth-order valence-corrected chi connectivity index (χ4v) is 3.23. The van der Waals surface area contributed by atoms with Crippen molar-refractivity contribution in [2.45, 2.75) is 32.7 Å². The predicted molar refractivity (Wildman–Crippen MR) is 117 cm³/mol. The van der Waals surface area contributed by atoms with E-state index in [0.717, 1.165) is 11.1 Å². The van der Waals surface area contributed by atoms with Crippen LogP contribution >= 0.6 is 0 Å². The van der Waals surface area contributed by atoms with Gasteiger partial charge in [0.15, 0.2) is 17.3 Å². The standard InChI is InChI=1S/C23H22N6O4/c1-23(2,3)22-27-21(33-28-22)15-6-7-24-19(9-15)29-11-16(26-12-29)20(30)25-10-14-4-5-17-18(8-14)32-13-31-17/h4-9,11-12H,10,13H2,1-3H3,(H,25,30). The van der Waals surface area contributed by atoms with E-state index >= 15 is 0 Å². The van der Waals surface area contributed by atoms with Crippen LogP contribution in [0.3, 0.4) is 0 Å². The highest BCUT2D eigenvalue weighted by Gasteiger charge is 2.22. The summed E-state index contributed by atoms with van der Waals surface area (Å²) in [5.74, 6) is 2.69. The van der Waals surface area contributed by atoms with E-state index in [1.165, 1.54) is 6.33 Å². The third-order valence-corrected chi connectivity index (χ3v) is 5.06. The Labute approximate surface area is 189 Å². The molecule has 0 fully saturated rings. The minimum atomic E-state index is -0.297. The van der Waals surface area contributed by atoms with Crippen LogP contribution in [0, 0.1) is 0 Å². The summed E-state index contributed by atoms with van der Waals surface area (Å²) in [7, 11) is 0. The number of ether oxygens (including phenoxy) is 2. The second-order valence-corrected chi connectivity index (χ2v) is 8.61. The highest BCUT2D eigenvalue weighted by molar-refractivity contribution is 5.92. The Morgan fingerprint density at radius 2 is 1.97 bits per heavy atom. The highest BCUT2D eigenvalue weighted by atomic mass is 16.7. The molecule has 1 aliphatic rings. The largest absolute Gasteiger partial charge is 0.454 e. The molecule has 168 valence electrons. The Bertz CT molecular complexity index is 1320. The van der Waals surface area contributed by atoms with Crippen molar-refractivity contribution >= 4 is 5.91 Å². The Morgan fingerprint density at radius 3 is 2.79 bits per heavy atom. The monoisotopic (exact) mass is 446 g/mol. The lowest BCUT2D eigenvalue weighted by molar-refractivity contribution is 0.0946. The van der Waals surface area contributed by atoms with Gasteiger partial charge in [0.25, 0.3) is 11.8 Å². The van der Waals surface area contributed by atoms with Crippen LogP contribution in [0.4, 0.5) is 0 Å². The van der Waals surface area contributed by atoms with Gasteiger partial charge in [-0.05, 0) is 29.8 Å². The van der Waals surface area contributed by atoms with E-state index in [9.17, 15) is 4.79 Å². The number of pyridine rings is 1. The maximum Gasteiger partial charge on any atom is 0.271 e. The van der Waals surface area contributed by atoms with Crippen molar-refractivity contribution in [3.8, 4) is 28.8 Å². The lowest BCUT2D eigenvalue weighted by Crippen LogP contribution is -2.23. The molecule has 4 heterocycles. The normalized spacial score (nSPS) is 12.7. The molecule has 1 amide bonds. The fourth-order valence-electron chi connectivity index (χ4n) is 3.23. The van der Waals surface area contributed by atoms with Crippen LogP contribution in [0.15, 0.2) is 53.6 Å². The summed E-state index contributed by atoms with van der Waals surface area (Å²) in [6.07, 6.45) is 4.80. The summed E-state index contributed by atoms with van der Waals surface area (Å²) in [5.41, 5.74) is 1.68. The van der Waals surface area contributed by atoms with Gasteiger partial charge in [0, 0.05) is 29.9 Å². The number of aromatic nitrogens is 5. The van der Waals surface area contributed by atoms with Crippen molar-refractivity contribution in [3.63, 3.8) is 0 Å². The number of imidazole rings is 1. The van der Waals surface area contributed by atoms with Crippen LogP contribution in [0.2, 0.25) is 0 Å². The molecule has 10 heteroatoms. The van der Waals surface area contributed by atoms with Crippen molar-refractivity contribution in [1.82, 2.24) is 30.0 Å². The first-order valence-electron chi connectivity index (χ1n) is 10.4. The van der Waals surface area contributed by atoms with E-state index in [1.54, 1.807) is 29.1 Å². The van der Waals surface area contributed by atoms with Crippen molar-refractivity contribution in [2.24, 2.45) is 0 Å². The van der Waals surface area contributed by atoms with Crippen LogP contribution in [0.1, 0.15) is 42.6 Å². The van der Waals surface area contributed by atoms with E-state index < -0.39 is 0 Å². The summed E-state index contributed by atoms with van der Waals surface area (Å²) in [6.45, 7) is 6.60. The number of nitrogens with zero attached hydrogens (tertiary/aromatic N) is 5. The van der Waals surface area contributed by atoms with Crippen LogP contribution in [0.5, 0.6) is 11.5 Å². The second kappa shape index (κ2) is 8.05. The summed E-state index contributed by atoms with van der Waals surface area (Å²) < 4.78 is 17.8. The zero-order valence-electron chi connectivity index (χ0n) is 18.4. The van der Waals surface area contributed by atoms with Gasteiger partial charge in [-0.2, -0.15) is 4.98 Å². The maximum atomic E-state index is 12.6. The SMILES string of the molecule is CC(C)(C)c1noc(-c2ccnc(-n3cnc(C(=O)NCc4ccc5c(c4)OCO5)c3)c2)n1. The van der Waals surface area contributed by atoms with Crippen molar-refractivity contribution < 1.29 is 18.8 Å². The molecule has 0 bridgehead atoms. The molecule has 0 unspecified atom stereocenters. The van der Waals surface area contributed by atoms with Crippen LogP contribution in [-0.2, 0) is 12.0 Å². The number of carbonyl (C=O) groups excluding carboxylic acids is 1. The topological polar surface area (TPSA) is 117 Å². The first kappa shape index (κ1) is 20.7. The number of fused-ring (bicyclic) bond motifs is 1. The number of amides is 1. The van der Waals surface area contributed by atoms with E-state index in [2.05, 4.69) is 25.4 Å². The van der Waals surface area contributed by atoms with Gasteiger partial charge in [-0.15, -0.1) is 0 Å². The maximum absolute atomic E-state index is 12.6. The number of benzene rings is 1. The summed E-state index contributed by atoms with van der Waals surface area (Å²) >= 11 is 0. The van der Waals surface area contributed by atoms with Gasteiger partial charge in [0.1, 0.15) is 17.8 Å². The first-order valence-corrected chi connectivity index (χ1v) is 10.4. The number of rotatable bonds is 5. The zero-order valence-corrected chi connectivity index (χ0v) is 18.4. The zero-order chi connectivity index (χ0) is 23.0. The Balaban J connectivity index is 1.29. The molecule has 4 aromatic rings. The number of carbonyl (C=O) groups is 1. The molecule has 10 nitrogen and oxygen atoms in total. The van der Waals surface area contributed by atoms with Gasteiger partial charge >= 0.3 is 0 Å². The van der Waals surface area contributed by atoms with Gasteiger partial charge in [-0.1, -0.05) is 32.0 Å². The molecule has 33 heavy (non-hydrogen) atoms. The molecule has 0 atom stereocenters. The van der Waals surface area contributed by atoms with E-state index in [0.29, 0.717) is 35.6 Å². The lowest BCUT2D eigenvalue weighted by Gasteiger charge is -2.10. The van der Waals surface area contributed by atoms with Gasteiger partial charge < -0.3 is 19.3 Å². The molecule has 1 N–H and O–H groups in total. The smallest absolute Gasteiger partial charge is 0.271 e. The highest BCUT2D eigenvalue weighted by Crippen LogP contribution is 2.32. The lowest BCUT2D eigenvalue weighted by atomic mass is 9.96. The number of hydrogen-bond acceptors (Lipinski definition) is 8. The molecule has 0 aliphatic carbocycles. The summed E-state index contributed by atoms with van der Waals surface area (Å²) in [4.78, 5) is 25.7. The molecule has 5 rings (SSSR count). The molecule has 0 saturated heterocycles. The third kappa shape index (κ3) is 4.27. The summed E-state index contributed by atoms with van der Waals surface area (Å²) in [5, 5.41) is 6.93. The Kier molecular flexibility index (Phi) is 5.04.